The van der Waals surface area contributed by atoms with E-state index >= 15 is 0 Å². The highest BCUT2D eigenvalue weighted by atomic mass is 15.0. The van der Waals surface area contributed by atoms with Gasteiger partial charge in [-0.05, 0) is 19.4 Å². The van der Waals surface area contributed by atoms with Crippen LogP contribution in [0.2, 0.25) is 0 Å². The van der Waals surface area contributed by atoms with Crippen LogP contribution in [0.5, 0.6) is 0 Å². The van der Waals surface area contributed by atoms with Gasteiger partial charge in [0.1, 0.15) is 11.9 Å². The van der Waals surface area contributed by atoms with Crippen LogP contribution in [0.4, 0.5) is 5.69 Å². The highest BCUT2D eigenvalue weighted by molar-refractivity contribution is 6.00. The van der Waals surface area contributed by atoms with E-state index in [4.69, 9.17) is 0 Å². The molecule has 1 aliphatic rings. The van der Waals surface area contributed by atoms with Crippen LogP contribution in [-0.4, -0.2) is 22.3 Å². The highest BCUT2D eigenvalue weighted by Crippen LogP contribution is 2.27. The molecule has 5 heteroatoms. The number of H-pyrrole nitrogens is 1. The van der Waals surface area contributed by atoms with Crippen molar-refractivity contribution in [2.75, 3.05) is 11.9 Å². The van der Waals surface area contributed by atoms with Crippen LogP contribution in [0.25, 0.3) is 11.0 Å². The van der Waals surface area contributed by atoms with Gasteiger partial charge in [0.15, 0.2) is 0 Å². The number of aliphatic imine (C=N–C) groups is 1. The number of nitrogens with zero attached hydrogens (tertiary/aromatic N) is 3. The number of aromatic amines is 1. The van der Waals surface area contributed by atoms with Gasteiger partial charge in [0.05, 0.1) is 22.9 Å². The summed E-state index contributed by atoms with van der Waals surface area (Å²) in [7, 11) is 0. The van der Waals surface area contributed by atoms with E-state index in [1.165, 1.54) is 0 Å². The number of amidine groups is 1. The Balaban J connectivity index is 2.11. The van der Waals surface area contributed by atoms with E-state index in [1.807, 2.05) is 13.0 Å². The molecule has 5 nitrogen and oxygen atoms in total. The molecular weight excluding hydrogens is 226 g/mol. The lowest BCUT2D eigenvalue weighted by Gasteiger charge is -2.10. The summed E-state index contributed by atoms with van der Waals surface area (Å²) in [6.45, 7) is 2.89. The molecule has 0 saturated heterocycles. The number of anilines is 1. The minimum atomic E-state index is 0.606. The Morgan fingerprint density at radius 2 is 2.39 bits per heavy atom. The van der Waals surface area contributed by atoms with E-state index < -0.39 is 0 Å². The predicted octanol–water partition coefficient (Wildman–Crippen LogP) is 2.35. The lowest BCUT2D eigenvalue weighted by molar-refractivity contribution is 0.951. The molecule has 0 saturated carbocycles. The summed E-state index contributed by atoms with van der Waals surface area (Å²) in [5, 5.41) is 12.5. The number of hydrogen-bond donors (Lipinski definition) is 2. The summed E-state index contributed by atoms with van der Waals surface area (Å²) in [6, 6.07) is 4.06. The van der Waals surface area contributed by atoms with Crippen molar-refractivity contribution in [3.8, 4) is 6.07 Å². The average Bonchev–Trinajstić information content (AvgIpc) is 3.03. The molecule has 1 aliphatic heterocycles. The fourth-order valence-corrected chi connectivity index (χ4v) is 2.25. The maximum absolute atomic E-state index is 9.17. The fraction of sp³-hybridized carbons (Fsp3) is 0.308. The third kappa shape index (κ3) is 1.63. The SMILES string of the molecule is Cc1c(NC2=NCCC2)cc(C#N)c2[nH]cnc12. The van der Waals surface area contributed by atoms with Crippen molar-refractivity contribution in [2.45, 2.75) is 19.8 Å². The van der Waals surface area contributed by atoms with Crippen molar-refractivity contribution in [1.29, 1.82) is 5.26 Å². The Bertz CT molecular complexity index is 674. The molecular formula is C13H13N5. The highest BCUT2D eigenvalue weighted by Gasteiger charge is 2.13. The molecule has 0 aliphatic carbocycles. The Labute approximate surface area is 105 Å². The van der Waals surface area contributed by atoms with Crippen LogP contribution < -0.4 is 5.32 Å². The lowest BCUT2D eigenvalue weighted by Crippen LogP contribution is -2.10. The number of nitrogens with one attached hydrogen (secondary N) is 2. The van der Waals surface area contributed by atoms with Crippen LogP contribution in [0.1, 0.15) is 24.0 Å². The maximum Gasteiger partial charge on any atom is 0.101 e. The molecule has 18 heavy (non-hydrogen) atoms. The first-order chi connectivity index (χ1) is 8.79. The van der Waals surface area contributed by atoms with Crippen molar-refractivity contribution >= 4 is 22.6 Å². The first-order valence-electron chi connectivity index (χ1n) is 5.96. The number of imidazole rings is 1. The molecule has 0 radical (unpaired) electrons. The molecule has 0 atom stereocenters. The normalized spacial score (nSPS) is 14.6. The molecule has 0 bridgehead atoms. The second-order valence-corrected chi connectivity index (χ2v) is 4.39. The molecule has 2 heterocycles. The second kappa shape index (κ2) is 4.15. The number of benzene rings is 1. The van der Waals surface area contributed by atoms with Crippen LogP contribution in [0.3, 0.4) is 0 Å². The van der Waals surface area contributed by atoms with E-state index in [1.54, 1.807) is 6.33 Å². The number of aryl methyl sites for hydroxylation is 1. The van der Waals surface area contributed by atoms with Crippen LogP contribution in [0, 0.1) is 18.3 Å². The lowest BCUT2D eigenvalue weighted by atomic mass is 10.1. The van der Waals surface area contributed by atoms with Crippen molar-refractivity contribution in [1.82, 2.24) is 9.97 Å². The van der Waals surface area contributed by atoms with Gasteiger partial charge in [-0.1, -0.05) is 0 Å². The van der Waals surface area contributed by atoms with Gasteiger partial charge in [-0.2, -0.15) is 5.26 Å². The topological polar surface area (TPSA) is 76.9 Å². The smallest absolute Gasteiger partial charge is 0.101 e. The zero-order chi connectivity index (χ0) is 12.5. The van der Waals surface area contributed by atoms with Gasteiger partial charge in [-0.15, -0.1) is 0 Å². The quantitative estimate of drug-likeness (QED) is 0.801. The summed E-state index contributed by atoms with van der Waals surface area (Å²) >= 11 is 0. The third-order valence-corrected chi connectivity index (χ3v) is 3.23. The van der Waals surface area contributed by atoms with Gasteiger partial charge in [-0.25, -0.2) is 4.98 Å². The summed E-state index contributed by atoms with van der Waals surface area (Å²) in [6.07, 6.45) is 3.69. The van der Waals surface area contributed by atoms with Crippen LogP contribution >= 0.6 is 0 Å². The molecule has 2 N–H and O–H groups in total. The summed E-state index contributed by atoms with van der Waals surface area (Å²) in [4.78, 5) is 11.7. The van der Waals surface area contributed by atoms with Gasteiger partial charge in [0.25, 0.3) is 0 Å². The average molecular weight is 239 g/mol. The number of fused-ring (bicyclic) bond motifs is 1. The monoisotopic (exact) mass is 239 g/mol. The van der Waals surface area contributed by atoms with E-state index in [2.05, 4.69) is 26.3 Å². The summed E-state index contributed by atoms with van der Waals surface area (Å²) < 4.78 is 0. The Kier molecular flexibility index (Phi) is 2.49. The van der Waals surface area contributed by atoms with Gasteiger partial charge >= 0.3 is 0 Å². The first kappa shape index (κ1) is 10.8. The third-order valence-electron chi connectivity index (χ3n) is 3.23. The van der Waals surface area contributed by atoms with Crippen molar-refractivity contribution < 1.29 is 0 Å². The van der Waals surface area contributed by atoms with Gasteiger partial charge in [0, 0.05) is 24.2 Å². The van der Waals surface area contributed by atoms with E-state index in [-0.39, 0.29) is 0 Å². The Hall–Kier alpha value is -2.35. The van der Waals surface area contributed by atoms with Gasteiger partial charge in [-0.3, -0.25) is 4.99 Å². The molecule has 0 amide bonds. The second-order valence-electron chi connectivity index (χ2n) is 4.39. The van der Waals surface area contributed by atoms with Crippen LogP contribution in [-0.2, 0) is 0 Å². The number of hydrogen-bond acceptors (Lipinski definition) is 4. The number of rotatable bonds is 1. The molecule has 90 valence electrons. The summed E-state index contributed by atoms with van der Waals surface area (Å²) in [5.74, 6) is 0.997. The van der Waals surface area contributed by atoms with E-state index in [0.29, 0.717) is 5.56 Å². The van der Waals surface area contributed by atoms with Gasteiger partial charge < -0.3 is 10.3 Å². The fourth-order valence-electron chi connectivity index (χ4n) is 2.25. The number of aromatic nitrogens is 2. The predicted molar refractivity (Wildman–Crippen MR) is 70.7 cm³/mol. The van der Waals surface area contributed by atoms with Crippen molar-refractivity contribution in [3.63, 3.8) is 0 Å². The molecule has 3 rings (SSSR count). The minimum Gasteiger partial charge on any atom is -0.344 e. The van der Waals surface area contributed by atoms with Crippen molar-refractivity contribution in [3.05, 3.63) is 23.5 Å². The molecule has 0 unspecified atom stereocenters. The molecule has 1 aromatic carbocycles. The summed E-state index contributed by atoms with van der Waals surface area (Å²) in [5.41, 5.74) is 4.21. The molecule has 0 spiro atoms. The van der Waals surface area contributed by atoms with Crippen LogP contribution in [0.15, 0.2) is 17.4 Å². The zero-order valence-electron chi connectivity index (χ0n) is 10.1. The molecule has 0 fully saturated rings. The Morgan fingerprint density at radius 3 is 3.11 bits per heavy atom. The zero-order valence-corrected chi connectivity index (χ0v) is 10.1. The number of nitriles is 1. The maximum atomic E-state index is 9.17. The van der Waals surface area contributed by atoms with Gasteiger partial charge in [0.2, 0.25) is 0 Å². The molecule has 2 aromatic rings. The van der Waals surface area contributed by atoms with Crippen molar-refractivity contribution in [2.24, 2.45) is 4.99 Å². The first-order valence-corrected chi connectivity index (χ1v) is 5.96. The molecule has 1 aromatic heterocycles. The Morgan fingerprint density at radius 1 is 1.50 bits per heavy atom. The van der Waals surface area contributed by atoms with E-state index in [0.717, 1.165) is 47.5 Å². The largest absolute Gasteiger partial charge is 0.344 e. The minimum absolute atomic E-state index is 0.606. The van der Waals surface area contributed by atoms with E-state index in [9.17, 15) is 5.26 Å². The standard InChI is InChI=1S/C13H13N5/c1-8-10(18-11-3-2-4-15-11)5-9(6-14)13-12(8)16-7-17-13/h5,7H,2-4H2,1H3,(H,15,18)(H,16,17).